The van der Waals surface area contributed by atoms with Gasteiger partial charge >= 0.3 is 6.03 Å². The van der Waals surface area contributed by atoms with Crippen molar-refractivity contribution in [2.24, 2.45) is 0 Å². The lowest BCUT2D eigenvalue weighted by molar-refractivity contribution is -0.384. The van der Waals surface area contributed by atoms with Crippen molar-refractivity contribution in [1.82, 2.24) is 10.2 Å². The van der Waals surface area contributed by atoms with Gasteiger partial charge in [0.15, 0.2) is 0 Å². The highest BCUT2D eigenvalue weighted by molar-refractivity contribution is 5.97. The van der Waals surface area contributed by atoms with Gasteiger partial charge in [0.2, 0.25) is 0 Å². The number of hydrogen-bond donors (Lipinski definition) is 3. The summed E-state index contributed by atoms with van der Waals surface area (Å²) < 4.78 is 0. The zero-order valence-corrected chi connectivity index (χ0v) is 21.6. The van der Waals surface area contributed by atoms with Crippen molar-refractivity contribution in [2.75, 3.05) is 36.8 Å². The molecule has 1 saturated heterocycles. The lowest BCUT2D eigenvalue weighted by Gasteiger charge is -2.32. The zero-order chi connectivity index (χ0) is 27.8. The van der Waals surface area contributed by atoms with Crippen molar-refractivity contribution in [3.63, 3.8) is 0 Å². The number of aryl methyl sites for hydroxylation is 1. The van der Waals surface area contributed by atoms with E-state index in [4.69, 9.17) is 5.26 Å². The first-order valence-electron chi connectivity index (χ1n) is 12.8. The van der Waals surface area contributed by atoms with E-state index in [-0.39, 0.29) is 11.6 Å². The first-order valence-corrected chi connectivity index (χ1v) is 12.8. The molecule has 0 aliphatic carbocycles. The Morgan fingerprint density at radius 3 is 2.36 bits per heavy atom. The van der Waals surface area contributed by atoms with Gasteiger partial charge in [0.1, 0.15) is 0 Å². The average molecular weight is 527 g/mol. The van der Waals surface area contributed by atoms with E-state index in [2.05, 4.69) is 22.0 Å². The summed E-state index contributed by atoms with van der Waals surface area (Å²) in [6.07, 6.45) is 1.70. The molecule has 0 radical (unpaired) electrons. The number of nitriles is 1. The van der Waals surface area contributed by atoms with Crippen molar-refractivity contribution in [2.45, 2.75) is 25.7 Å². The van der Waals surface area contributed by atoms with Crippen molar-refractivity contribution in [1.29, 1.82) is 5.26 Å². The number of hydrogen-bond acceptors (Lipinski definition) is 6. The summed E-state index contributed by atoms with van der Waals surface area (Å²) in [5.74, 6) is 0.291. The minimum Gasteiger partial charge on any atom is -0.383 e. The van der Waals surface area contributed by atoms with Gasteiger partial charge in [-0.3, -0.25) is 14.9 Å². The van der Waals surface area contributed by atoms with Crippen LogP contribution in [0.4, 0.5) is 21.9 Å². The topological polar surface area (TPSA) is 140 Å². The molecule has 39 heavy (non-hydrogen) atoms. The Labute approximate surface area is 226 Å². The van der Waals surface area contributed by atoms with Gasteiger partial charge in [0.05, 0.1) is 16.6 Å². The van der Waals surface area contributed by atoms with Crippen LogP contribution in [0.2, 0.25) is 0 Å². The summed E-state index contributed by atoms with van der Waals surface area (Å²) in [5.41, 5.74) is 4.49. The number of amides is 3. The molecule has 3 N–H and O–H groups in total. The number of urea groups is 1. The Bertz CT molecular complexity index is 1370. The van der Waals surface area contributed by atoms with Crippen LogP contribution in [0.1, 0.15) is 45.8 Å². The molecule has 0 bridgehead atoms. The fourth-order valence-corrected chi connectivity index (χ4v) is 4.57. The monoisotopic (exact) mass is 526 g/mol. The molecular weight excluding hydrogens is 496 g/mol. The standard InChI is InChI=1S/C29H30N6O4/c1-20-2-5-24(28(36)34-16-12-23(13-17-34)22-6-3-21(19-30)4-7-22)18-27(20)33-29(37)32-15-14-31-25-8-10-26(11-9-25)35(38)39/h2-11,18,23,31H,12-17H2,1H3,(H2,32,33,37). The van der Waals surface area contributed by atoms with Gasteiger partial charge in [-0.05, 0) is 73.2 Å². The minimum atomic E-state index is -0.457. The first-order chi connectivity index (χ1) is 18.8. The highest BCUT2D eigenvalue weighted by atomic mass is 16.6. The van der Waals surface area contributed by atoms with Crippen LogP contribution >= 0.6 is 0 Å². The fraction of sp³-hybridized carbons (Fsp3) is 0.276. The SMILES string of the molecule is Cc1ccc(C(=O)N2CCC(c3ccc(C#N)cc3)CC2)cc1NC(=O)NCCNc1ccc([N+](=O)[O-])cc1. The summed E-state index contributed by atoms with van der Waals surface area (Å²) in [7, 11) is 0. The number of carbonyl (C=O) groups excluding carboxylic acids is 2. The quantitative estimate of drug-likeness (QED) is 0.214. The van der Waals surface area contributed by atoms with Crippen LogP contribution in [-0.2, 0) is 0 Å². The second-order valence-electron chi connectivity index (χ2n) is 9.44. The summed E-state index contributed by atoms with van der Waals surface area (Å²) in [5, 5.41) is 28.4. The smallest absolute Gasteiger partial charge is 0.319 e. The van der Waals surface area contributed by atoms with Crippen LogP contribution in [-0.4, -0.2) is 47.9 Å². The normalized spacial score (nSPS) is 13.3. The van der Waals surface area contributed by atoms with Gasteiger partial charge in [0, 0.05) is 55.2 Å². The molecule has 3 aromatic rings. The van der Waals surface area contributed by atoms with Crippen LogP contribution in [0.25, 0.3) is 0 Å². The molecule has 1 aliphatic rings. The summed E-state index contributed by atoms with van der Waals surface area (Å²) in [6, 6.07) is 20.8. The molecular formula is C29H30N6O4. The molecule has 0 atom stereocenters. The van der Waals surface area contributed by atoms with Gasteiger partial charge < -0.3 is 20.9 Å². The Balaban J connectivity index is 1.26. The molecule has 10 nitrogen and oxygen atoms in total. The van der Waals surface area contributed by atoms with Gasteiger partial charge in [-0.1, -0.05) is 18.2 Å². The number of likely N-dealkylation sites (tertiary alicyclic amines) is 1. The molecule has 0 saturated carbocycles. The first kappa shape index (κ1) is 27.1. The van der Waals surface area contributed by atoms with Crippen LogP contribution in [0.5, 0.6) is 0 Å². The molecule has 200 valence electrons. The molecule has 4 rings (SSSR count). The summed E-state index contributed by atoms with van der Waals surface area (Å²) in [6.45, 7) is 3.91. The predicted octanol–water partition coefficient (Wildman–Crippen LogP) is 5.03. The third-order valence-electron chi connectivity index (χ3n) is 6.84. The van der Waals surface area contributed by atoms with Crippen molar-refractivity contribution >= 4 is 29.0 Å². The fourth-order valence-electron chi connectivity index (χ4n) is 4.57. The Kier molecular flexibility index (Phi) is 8.74. The van der Waals surface area contributed by atoms with Crippen LogP contribution < -0.4 is 16.0 Å². The number of nitro groups is 1. The number of rotatable bonds is 8. The van der Waals surface area contributed by atoms with Crippen LogP contribution in [0.3, 0.4) is 0 Å². The third-order valence-corrected chi connectivity index (χ3v) is 6.84. The number of nitrogens with zero attached hydrogens (tertiary/aromatic N) is 3. The molecule has 0 unspecified atom stereocenters. The number of benzene rings is 3. The minimum absolute atomic E-state index is 0.0155. The second kappa shape index (κ2) is 12.6. The van der Waals surface area contributed by atoms with E-state index in [1.165, 1.54) is 17.7 Å². The van der Waals surface area contributed by atoms with E-state index in [1.54, 1.807) is 24.3 Å². The summed E-state index contributed by atoms with van der Waals surface area (Å²) >= 11 is 0. The third kappa shape index (κ3) is 7.11. The maximum absolute atomic E-state index is 13.2. The highest BCUT2D eigenvalue weighted by Crippen LogP contribution is 2.29. The molecule has 1 aliphatic heterocycles. The lowest BCUT2D eigenvalue weighted by atomic mass is 9.89. The van der Waals surface area contributed by atoms with E-state index in [9.17, 15) is 19.7 Å². The number of piperidine rings is 1. The Morgan fingerprint density at radius 2 is 1.72 bits per heavy atom. The van der Waals surface area contributed by atoms with Crippen LogP contribution in [0, 0.1) is 28.4 Å². The molecule has 1 heterocycles. The average Bonchev–Trinajstić information content (AvgIpc) is 2.96. The molecule has 10 heteroatoms. The van der Waals surface area contributed by atoms with E-state index in [0.29, 0.717) is 54.6 Å². The predicted molar refractivity (Wildman–Crippen MR) is 149 cm³/mol. The maximum atomic E-state index is 13.2. The van der Waals surface area contributed by atoms with Crippen molar-refractivity contribution in [3.8, 4) is 6.07 Å². The number of nitro benzene ring substituents is 1. The maximum Gasteiger partial charge on any atom is 0.319 e. The van der Waals surface area contributed by atoms with Crippen LogP contribution in [0.15, 0.2) is 66.7 Å². The van der Waals surface area contributed by atoms with Gasteiger partial charge in [-0.15, -0.1) is 0 Å². The zero-order valence-electron chi connectivity index (χ0n) is 21.6. The molecule has 0 aromatic heterocycles. The number of nitrogens with one attached hydrogen (secondary N) is 3. The van der Waals surface area contributed by atoms with Crippen molar-refractivity contribution in [3.05, 3.63) is 99.1 Å². The van der Waals surface area contributed by atoms with E-state index in [1.807, 2.05) is 42.2 Å². The second-order valence-corrected chi connectivity index (χ2v) is 9.44. The lowest BCUT2D eigenvalue weighted by Crippen LogP contribution is -2.38. The van der Waals surface area contributed by atoms with Gasteiger partial charge in [-0.2, -0.15) is 5.26 Å². The van der Waals surface area contributed by atoms with Gasteiger partial charge in [0.25, 0.3) is 11.6 Å². The highest BCUT2D eigenvalue weighted by Gasteiger charge is 2.25. The number of carbonyl (C=O) groups is 2. The van der Waals surface area contributed by atoms with E-state index < -0.39 is 11.0 Å². The largest absolute Gasteiger partial charge is 0.383 e. The van der Waals surface area contributed by atoms with E-state index >= 15 is 0 Å². The summed E-state index contributed by atoms with van der Waals surface area (Å²) in [4.78, 5) is 37.8. The number of anilines is 2. The molecule has 0 spiro atoms. The Hall–Kier alpha value is -4.91. The Morgan fingerprint density at radius 1 is 1.03 bits per heavy atom. The van der Waals surface area contributed by atoms with Crippen molar-refractivity contribution < 1.29 is 14.5 Å². The molecule has 3 amide bonds. The molecule has 1 fully saturated rings. The molecule has 3 aromatic carbocycles. The van der Waals surface area contributed by atoms with E-state index in [0.717, 1.165) is 18.4 Å². The van der Waals surface area contributed by atoms with Gasteiger partial charge in [-0.25, -0.2) is 4.79 Å². The number of non-ortho nitro benzene ring substituents is 1.